The van der Waals surface area contributed by atoms with Crippen LogP contribution in [-0.2, 0) is 4.79 Å². The van der Waals surface area contributed by atoms with Crippen LogP contribution in [0.25, 0.3) is 0 Å². The fraction of sp³-hybridized carbons (Fsp3) is 0.167. The van der Waals surface area contributed by atoms with E-state index < -0.39 is 11.9 Å². The molecule has 8 nitrogen and oxygen atoms in total. The molecule has 0 fully saturated rings. The first-order valence-electron chi connectivity index (χ1n) is 7.82. The van der Waals surface area contributed by atoms with Crippen LogP contribution >= 0.6 is 0 Å². The van der Waals surface area contributed by atoms with Crippen molar-refractivity contribution in [3.8, 4) is 0 Å². The predicted octanol–water partition coefficient (Wildman–Crippen LogP) is 1.10. The van der Waals surface area contributed by atoms with Crippen molar-refractivity contribution in [1.29, 1.82) is 0 Å². The number of carboxylic acid groups (broad SMARTS) is 1. The lowest BCUT2D eigenvalue weighted by Gasteiger charge is -2.01. The molecule has 26 heavy (non-hydrogen) atoms. The number of amides is 2. The summed E-state index contributed by atoms with van der Waals surface area (Å²) in [6, 6.07) is 13.1. The minimum atomic E-state index is -1.08. The van der Waals surface area contributed by atoms with E-state index in [1.165, 1.54) is 12.1 Å². The van der Waals surface area contributed by atoms with E-state index in [1.54, 1.807) is 36.4 Å². The minimum absolute atomic E-state index is 0.0579. The Hall–Kier alpha value is -3.55. The molecule has 0 aliphatic rings. The van der Waals surface area contributed by atoms with Crippen molar-refractivity contribution in [1.82, 2.24) is 10.6 Å². The Balaban J connectivity index is 0.000000263. The van der Waals surface area contributed by atoms with Crippen LogP contribution < -0.4 is 22.1 Å². The average Bonchev–Trinajstić information content (AvgIpc) is 2.61. The van der Waals surface area contributed by atoms with Crippen molar-refractivity contribution >= 4 is 29.2 Å². The van der Waals surface area contributed by atoms with E-state index in [4.69, 9.17) is 16.6 Å². The van der Waals surface area contributed by atoms with E-state index in [2.05, 4.69) is 10.6 Å². The summed E-state index contributed by atoms with van der Waals surface area (Å²) >= 11 is 0. The molecule has 0 saturated carbocycles. The first-order valence-corrected chi connectivity index (χ1v) is 7.82. The van der Waals surface area contributed by atoms with Gasteiger partial charge in [0.25, 0.3) is 11.8 Å². The maximum absolute atomic E-state index is 11.2. The summed E-state index contributed by atoms with van der Waals surface area (Å²) in [5.41, 5.74) is 13.2. The lowest BCUT2D eigenvalue weighted by molar-refractivity contribution is -0.135. The fourth-order valence-corrected chi connectivity index (χ4v) is 1.79. The number of benzene rings is 2. The first kappa shape index (κ1) is 20.5. The van der Waals surface area contributed by atoms with Crippen molar-refractivity contribution in [2.45, 2.75) is 6.92 Å². The Kier molecular flexibility index (Phi) is 8.15. The number of carbonyl (C=O) groups is 3. The number of nitrogen functional groups attached to an aromatic ring is 2. The van der Waals surface area contributed by atoms with Gasteiger partial charge < -0.3 is 27.2 Å². The molecular formula is C18H22N4O4. The number of nitrogens with one attached hydrogen (secondary N) is 2. The third-order valence-corrected chi connectivity index (χ3v) is 3.08. The summed E-state index contributed by atoms with van der Waals surface area (Å²) in [5, 5.41) is 13.3. The molecule has 138 valence electrons. The number of anilines is 2. The van der Waals surface area contributed by atoms with E-state index in [9.17, 15) is 14.4 Å². The molecule has 2 aromatic rings. The normalized spacial score (nSPS) is 9.42. The molecular weight excluding hydrogens is 336 g/mol. The molecule has 0 radical (unpaired) electrons. The van der Waals surface area contributed by atoms with Crippen molar-refractivity contribution in [3.05, 3.63) is 59.7 Å². The lowest BCUT2D eigenvalue weighted by Crippen LogP contribution is -2.29. The van der Waals surface area contributed by atoms with Gasteiger partial charge in [-0.2, -0.15) is 0 Å². The van der Waals surface area contributed by atoms with Crippen LogP contribution in [0.4, 0.5) is 11.4 Å². The molecule has 2 aromatic carbocycles. The lowest BCUT2D eigenvalue weighted by atomic mass is 10.2. The largest absolute Gasteiger partial charge is 0.480 e. The van der Waals surface area contributed by atoms with Crippen molar-refractivity contribution in [3.63, 3.8) is 0 Å². The highest BCUT2D eigenvalue weighted by Gasteiger charge is 2.05. The molecule has 0 bridgehead atoms. The third kappa shape index (κ3) is 7.35. The molecule has 0 aliphatic heterocycles. The average molecular weight is 358 g/mol. The van der Waals surface area contributed by atoms with Crippen LogP contribution in [0.2, 0.25) is 0 Å². The van der Waals surface area contributed by atoms with Gasteiger partial charge in [-0.05, 0) is 55.5 Å². The number of nitrogens with two attached hydrogens (primary N) is 2. The number of carbonyl (C=O) groups excluding carboxylic acids is 2. The summed E-state index contributed by atoms with van der Waals surface area (Å²) in [5.74, 6) is -1.56. The summed E-state index contributed by atoms with van der Waals surface area (Å²) in [4.78, 5) is 32.6. The zero-order chi connectivity index (χ0) is 19.5. The number of aliphatic carboxylic acids is 1. The molecule has 8 heteroatoms. The molecule has 0 unspecified atom stereocenters. The van der Waals surface area contributed by atoms with Crippen LogP contribution in [0.3, 0.4) is 0 Å². The van der Waals surface area contributed by atoms with Gasteiger partial charge in [-0.25, -0.2) is 0 Å². The van der Waals surface area contributed by atoms with E-state index in [0.29, 0.717) is 29.0 Å². The minimum Gasteiger partial charge on any atom is -0.480 e. The highest BCUT2D eigenvalue weighted by Crippen LogP contribution is 2.05. The number of hydrogen-bond donors (Lipinski definition) is 5. The second-order valence-electron chi connectivity index (χ2n) is 5.18. The van der Waals surface area contributed by atoms with Gasteiger partial charge in [-0.15, -0.1) is 0 Å². The van der Waals surface area contributed by atoms with Gasteiger partial charge in [0, 0.05) is 29.0 Å². The topological polar surface area (TPSA) is 148 Å². The Morgan fingerprint density at radius 1 is 0.808 bits per heavy atom. The van der Waals surface area contributed by atoms with Crippen LogP contribution in [0.15, 0.2) is 48.5 Å². The highest BCUT2D eigenvalue weighted by molar-refractivity contribution is 5.96. The Morgan fingerprint density at radius 3 is 1.54 bits per heavy atom. The zero-order valence-electron chi connectivity index (χ0n) is 14.4. The zero-order valence-corrected chi connectivity index (χ0v) is 14.4. The van der Waals surface area contributed by atoms with E-state index in [0.717, 1.165) is 0 Å². The summed E-state index contributed by atoms with van der Waals surface area (Å²) < 4.78 is 0. The van der Waals surface area contributed by atoms with Crippen molar-refractivity contribution < 1.29 is 19.5 Å². The molecule has 0 atom stereocenters. The second kappa shape index (κ2) is 10.3. The van der Waals surface area contributed by atoms with Crippen LogP contribution in [0.1, 0.15) is 27.6 Å². The number of carboxylic acids is 1. The summed E-state index contributed by atoms with van der Waals surface area (Å²) in [6.07, 6.45) is 0. The second-order valence-corrected chi connectivity index (χ2v) is 5.18. The van der Waals surface area contributed by atoms with Gasteiger partial charge in [-0.3, -0.25) is 14.4 Å². The fourth-order valence-electron chi connectivity index (χ4n) is 1.79. The SMILES string of the molecule is CCNC(=O)c1ccc(N)cc1.Nc1ccc(C(=O)NCC(=O)O)cc1. The molecule has 0 heterocycles. The van der Waals surface area contributed by atoms with Crippen molar-refractivity contribution in [2.24, 2.45) is 0 Å². The summed E-state index contributed by atoms with van der Waals surface area (Å²) in [6.45, 7) is 2.14. The van der Waals surface area contributed by atoms with Gasteiger partial charge in [0.15, 0.2) is 0 Å². The Morgan fingerprint density at radius 2 is 1.19 bits per heavy atom. The van der Waals surface area contributed by atoms with Gasteiger partial charge in [0.1, 0.15) is 6.54 Å². The Bertz CT molecular complexity index is 743. The quantitative estimate of drug-likeness (QED) is 0.506. The van der Waals surface area contributed by atoms with Crippen LogP contribution in [0.5, 0.6) is 0 Å². The predicted molar refractivity (Wildman–Crippen MR) is 99.7 cm³/mol. The van der Waals surface area contributed by atoms with E-state index in [-0.39, 0.29) is 12.5 Å². The highest BCUT2D eigenvalue weighted by atomic mass is 16.4. The maximum atomic E-state index is 11.2. The van der Waals surface area contributed by atoms with E-state index >= 15 is 0 Å². The van der Waals surface area contributed by atoms with Gasteiger partial charge in [-0.1, -0.05) is 0 Å². The molecule has 2 amide bonds. The van der Waals surface area contributed by atoms with Gasteiger partial charge >= 0.3 is 5.97 Å². The maximum Gasteiger partial charge on any atom is 0.322 e. The van der Waals surface area contributed by atoms with Gasteiger partial charge in [0.05, 0.1) is 0 Å². The van der Waals surface area contributed by atoms with Crippen LogP contribution in [0, 0.1) is 0 Å². The molecule has 0 saturated heterocycles. The molecule has 0 aliphatic carbocycles. The molecule has 7 N–H and O–H groups in total. The van der Waals surface area contributed by atoms with Gasteiger partial charge in [0.2, 0.25) is 0 Å². The van der Waals surface area contributed by atoms with Crippen molar-refractivity contribution in [2.75, 3.05) is 24.6 Å². The summed E-state index contributed by atoms with van der Waals surface area (Å²) in [7, 11) is 0. The molecule has 0 spiro atoms. The van der Waals surface area contributed by atoms with E-state index in [1.807, 2.05) is 6.92 Å². The van der Waals surface area contributed by atoms with Crippen LogP contribution in [-0.4, -0.2) is 36.0 Å². The smallest absolute Gasteiger partial charge is 0.322 e. The molecule has 2 rings (SSSR count). The Labute approximate surface area is 151 Å². The first-order chi connectivity index (χ1) is 12.3. The number of hydrogen-bond acceptors (Lipinski definition) is 5. The monoisotopic (exact) mass is 358 g/mol. The standard InChI is InChI=1S/C9H10N2O3.C9H12N2O/c10-7-3-1-6(2-4-7)9(14)11-5-8(12)13;1-2-11-9(12)7-3-5-8(10)6-4-7/h1-4H,5,10H2,(H,11,14)(H,12,13);3-6H,2,10H2,1H3,(H,11,12). The molecule has 0 aromatic heterocycles. The number of rotatable bonds is 5. The third-order valence-electron chi connectivity index (χ3n) is 3.08.